The molecule has 5 nitrogen and oxygen atoms in total. The lowest BCUT2D eigenvalue weighted by molar-refractivity contribution is 0.0597. The van der Waals surface area contributed by atoms with Gasteiger partial charge in [-0.25, -0.2) is 9.78 Å². The number of hydrogen-bond acceptors (Lipinski definition) is 5. The van der Waals surface area contributed by atoms with E-state index in [1.165, 1.54) is 24.0 Å². The number of ether oxygens (including phenoxy) is 1. The van der Waals surface area contributed by atoms with Gasteiger partial charge < -0.3 is 4.74 Å². The lowest BCUT2D eigenvalue weighted by Gasteiger charge is -2.21. The van der Waals surface area contributed by atoms with Crippen LogP contribution >= 0.6 is 11.3 Å². The first-order chi connectivity index (χ1) is 15.1. The Bertz CT molecular complexity index is 1230. The van der Waals surface area contributed by atoms with E-state index in [2.05, 4.69) is 19.1 Å². The molecule has 0 aliphatic carbocycles. The van der Waals surface area contributed by atoms with Gasteiger partial charge in [-0.3, -0.25) is 9.69 Å². The van der Waals surface area contributed by atoms with Crippen LogP contribution in [-0.2, 0) is 17.7 Å². The van der Waals surface area contributed by atoms with Crippen LogP contribution in [0.15, 0.2) is 72.8 Å². The molecule has 0 saturated carbocycles. The second-order valence-electron chi connectivity index (χ2n) is 7.07. The Hall–Kier alpha value is -3.51. The Kier molecular flexibility index (Phi) is 6.09. The van der Waals surface area contributed by atoms with E-state index in [9.17, 15) is 9.59 Å². The van der Waals surface area contributed by atoms with E-state index >= 15 is 0 Å². The number of thiazole rings is 1. The van der Waals surface area contributed by atoms with Crippen molar-refractivity contribution in [2.75, 3.05) is 12.0 Å². The number of anilines is 1. The number of benzene rings is 3. The third-order valence-electron chi connectivity index (χ3n) is 5.07. The molecule has 0 aliphatic heterocycles. The van der Waals surface area contributed by atoms with Crippen molar-refractivity contribution < 1.29 is 14.3 Å². The summed E-state index contributed by atoms with van der Waals surface area (Å²) in [5.41, 5.74) is 3.57. The molecule has 1 aromatic heterocycles. The molecule has 0 aliphatic rings. The first-order valence-electron chi connectivity index (χ1n) is 10.0. The van der Waals surface area contributed by atoms with E-state index in [4.69, 9.17) is 9.72 Å². The van der Waals surface area contributed by atoms with Gasteiger partial charge in [0.05, 0.1) is 35.0 Å². The number of carbonyl (C=O) groups is 2. The van der Waals surface area contributed by atoms with Crippen molar-refractivity contribution in [3.05, 3.63) is 95.1 Å². The molecule has 156 valence electrons. The number of carbonyl (C=O) groups excluding carboxylic acids is 2. The minimum atomic E-state index is -0.541. The summed E-state index contributed by atoms with van der Waals surface area (Å²) in [5, 5.41) is 0.594. The number of hydrogen-bond donors (Lipinski definition) is 0. The second-order valence-corrected chi connectivity index (χ2v) is 8.08. The molecule has 0 spiro atoms. The van der Waals surface area contributed by atoms with Crippen LogP contribution in [0.3, 0.4) is 0 Å². The predicted octanol–water partition coefficient (Wildman–Crippen LogP) is 5.49. The molecule has 1 heterocycles. The summed E-state index contributed by atoms with van der Waals surface area (Å²) in [6.45, 7) is 2.45. The average Bonchev–Trinajstić information content (AvgIpc) is 3.25. The van der Waals surface area contributed by atoms with E-state index in [1.807, 2.05) is 36.4 Å². The highest BCUT2D eigenvalue weighted by atomic mass is 32.1. The highest BCUT2D eigenvalue weighted by molar-refractivity contribution is 7.22. The van der Waals surface area contributed by atoms with Crippen LogP contribution in [0, 0.1) is 0 Å². The van der Waals surface area contributed by atoms with Gasteiger partial charge in [0.1, 0.15) is 0 Å². The fourth-order valence-corrected chi connectivity index (χ4v) is 4.41. The van der Waals surface area contributed by atoms with E-state index in [0.717, 1.165) is 22.2 Å². The zero-order valence-corrected chi connectivity index (χ0v) is 18.2. The van der Waals surface area contributed by atoms with Crippen molar-refractivity contribution in [3.63, 3.8) is 0 Å². The van der Waals surface area contributed by atoms with Crippen molar-refractivity contribution in [2.45, 2.75) is 19.9 Å². The molecule has 0 N–H and O–H groups in total. The van der Waals surface area contributed by atoms with Gasteiger partial charge in [-0.1, -0.05) is 66.8 Å². The predicted molar refractivity (Wildman–Crippen MR) is 124 cm³/mol. The Morgan fingerprint density at radius 2 is 1.65 bits per heavy atom. The Balaban J connectivity index is 1.80. The molecule has 0 fully saturated rings. The first kappa shape index (κ1) is 20.8. The molecule has 0 atom stereocenters. The van der Waals surface area contributed by atoms with Crippen molar-refractivity contribution >= 4 is 38.6 Å². The molecule has 0 unspecified atom stereocenters. The first-order valence-corrected chi connectivity index (χ1v) is 10.8. The summed E-state index contributed by atoms with van der Waals surface area (Å²) < 4.78 is 5.91. The average molecular weight is 431 g/mol. The van der Waals surface area contributed by atoms with Crippen LogP contribution in [0.5, 0.6) is 0 Å². The largest absolute Gasteiger partial charge is 0.465 e. The summed E-state index contributed by atoms with van der Waals surface area (Å²) in [6, 6.07) is 22.6. The molecule has 31 heavy (non-hydrogen) atoms. The van der Waals surface area contributed by atoms with Crippen LogP contribution in [-0.4, -0.2) is 24.0 Å². The van der Waals surface area contributed by atoms with Crippen molar-refractivity contribution in [2.24, 2.45) is 0 Å². The number of esters is 1. The lowest BCUT2D eigenvalue weighted by Crippen LogP contribution is -2.31. The summed E-state index contributed by atoms with van der Waals surface area (Å²) in [5.74, 6) is -0.833. The highest BCUT2D eigenvalue weighted by Gasteiger charge is 2.26. The van der Waals surface area contributed by atoms with Crippen molar-refractivity contribution in [1.29, 1.82) is 0 Å². The smallest absolute Gasteiger partial charge is 0.338 e. The number of aromatic nitrogens is 1. The minimum absolute atomic E-state index is 0.238. The topological polar surface area (TPSA) is 59.5 Å². The third-order valence-corrected chi connectivity index (χ3v) is 6.11. The van der Waals surface area contributed by atoms with E-state index in [1.54, 1.807) is 29.2 Å². The lowest BCUT2D eigenvalue weighted by atomic mass is 10.1. The third kappa shape index (κ3) is 4.34. The van der Waals surface area contributed by atoms with E-state index in [-0.39, 0.29) is 11.5 Å². The van der Waals surface area contributed by atoms with Gasteiger partial charge >= 0.3 is 5.97 Å². The van der Waals surface area contributed by atoms with E-state index < -0.39 is 5.97 Å². The molecule has 6 heteroatoms. The Morgan fingerprint density at radius 3 is 2.35 bits per heavy atom. The van der Waals surface area contributed by atoms with Gasteiger partial charge in [0.15, 0.2) is 5.13 Å². The Labute approximate surface area is 184 Å². The zero-order chi connectivity index (χ0) is 21.8. The number of amides is 1. The van der Waals surface area contributed by atoms with Crippen LogP contribution < -0.4 is 4.90 Å². The Morgan fingerprint density at radius 1 is 0.935 bits per heavy atom. The number of aryl methyl sites for hydroxylation is 1. The van der Waals surface area contributed by atoms with Gasteiger partial charge in [-0.05, 0) is 41.8 Å². The quantitative estimate of drug-likeness (QED) is 0.380. The molecule has 1 amide bonds. The van der Waals surface area contributed by atoms with Crippen LogP contribution in [0.4, 0.5) is 5.13 Å². The maximum atomic E-state index is 13.7. The summed E-state index contributed by atoms with van der Waals surface area (Å²) in [4.78, 5) is 32.3. The molecule has 4 aromatic rings. The van der Waals surface area contributed by atoms with Gasteiger partial charge in [0.2, 0.25) is 0 Å². The normalized spacial score (nSPS) is 10.8. The van der Waals surface area contributed by atoms with Gasteiger partial charge in [0.25, 0.3) is 5.91 Å². The maximum Gasteiger partial charge on any atom is 0.338 e. The molecule has 3 aromatic carbocycles. The fraction of sp³-hybridized carbons (Fsp3) is 0.160. The molecule has 0 bridgehead atoms. The molecular weight excluding hydrogens is 408 g/mol. The van der Waals surface area contributed by atoms with E-state index in [0.29, 0.717) is 17.2 Å². The van der Waals surface area contributed by atoms with Crippen molar-refractivity contribution in [1.82, 2.24) is 4.98 Å². The van der Waals surface area contributed by atoms with Crippen LogP contribution in [0.2, 0.25) is 0 Å². The molecule has 0 radical (unpaired) electrons. The SMILES string of the molecule is CCc1ccc2nc(N(Cc3ccccc3)C(=O)c3ccccc3C(=O)OC)sc2c1. The number of methoxy groups -OCH3 is 1. The van der Waals surface area contributed by atoms with Gasteiger partial charge in [-0.15, -0.1) is 0 Å². The molecule has 0 saturated heterocycles. The fourth-order valence-electron chi connectivity index (χ4n) is 3.39. The summed E-state index contributed by atoms with van der Waals surface area (Å²) in [7, 11) is 1.31. The monoisotopic (exact) mass is 430 g/mol. The summed E-state index contributed by atoms with van der Waals surface area (Å²) in [6.07, 6.45) is 0.933. The van der Waals surface area contributed by atoms with Crippen LogP contribution in [0.1, 0.15) is 38.8 Å². The number of fused-ring (bicyclic) bond motifs is 1. The number of nitrogens with zero attached hydrogens (tertiary/aromatic N) is 2. The molecular formula is C25H22N2O3S. The standard InChI is InChI=1S/C25H22N2O3S/c1-3-17-13-14-21-22(15-17)31-25(26-21)27(16-18-9-5-4-6-10-18)23(28)19-11-7-8-12-20(19)24(29)30-2/h4-15H,3,16H2,1-2H3. The maximum absolute atomic E-state index is 13.7. The van der Waals surface area contributed by atoms with Gasteiger partial charge in [-0.2, -0.15) is 0 Å². The van der Waals surface area contributed by atoms with Crippen molar-refractivity contribution in [3.8, 4) is 0 Å². The van der Waals surface area contributed by atoms with Gasteiger partial charge in [0, 0.05) is 0 Å². The number of rotatable bonds is 6. The highest BCUT2D eigenvalue weighted by Crippen LogP contribution is 2.32. The summed E-state index contributed by atoms with van der Waals surface area (Å²) >= 11 is 1.47. The minimum Gasteiger partial charge on any atom is -0.465 e. The molecule has 4 rings (SSSR count). The second kappa shape index (κ2) is 9.10. The zero-order valence-electron chi connectivity index (χ0n) is 17.4. The van der Waals surface area contributed by atoms with Crippen LogP contribution in [0.25, 0.3) is 10.2 Å².